The molecule has 366 valence electrons. The summed E-state index contributed by atoms with van der Waals surface area (Å²) in [6, 6.07) is -0.636. The number of likely N-dealkylation sites (N-methyl/N-ethyl adjacent to an activating group) is 1. The number of carbonyl (C=O) groups is 3. The van der Waals surface area contributed by atoms with Gasteiger partial charge in [0.2, 0.25) is 0 Å². The molecule has 0 aromatic heterocycles. The molecule has 2 unspecified atom stereocenters. The van der Waals surface area contributed by atoms with E-state index >= 15 is 0 Å². The zero-order valence-corrected chi connectivity index (χ0v) is 41.6. The molecule has 0 saturated carbocycles. The molecule has 0 aliphatic rings. The van der Waals surface area contributed by atoms with Crippen LogP contribution < -0.4 is 0 Å². The van der Waals surface area contributed by atoms with Crippen molar-refractivity contribution < 1.29 is 38.2 Å². The lowest BCUT2D eigenvalue weighted by atomic mass is 10.1. The van der Waals surface area contributed by atoms with Crippen molar-refractivity contribution in [2.75, 3.05) is 41.0 Å². The maximum Gasteiger partial charge on any atom is 0.362 e. The average molecular weight is 903 g/mol. The summed E-state index contributed by atoms with van der Waals surface area (Å²) in [4.78, 5) is 37.1. The number of nitrogens with zero attached hydrogens (tertiary/aromatic N) is 1. The molecule has 0 bridgehead atoms. The van der Waals surface area contributed by atoms with E-state index in [4.69, 9.17) is 14.2 Å². The van der Waals surface area contributed by atoms with Crippen LogP contribution >= 0.6 is 0 Å². The number of carboxylic acids is 1. The molecule has 0 saturated heterocycles. The Bertz CT molecular complexity index is 1470. The van der Waals surface area contributed by atoms with Gasteiger partial charge in [0.1, 0.15) is 6.61 Å². The average Bonchev–Trinajstić information content (AvgIpc) is 3.27. The molecule has 0 amide bonds. The summed E-state index contributed by atoms with van der Waals surface area (Å²) in [5, 5.41) is 9.65. The Morgan fingerprint density at radius 2 is 0.938 bits per heavy atom. The molecule has 8 heteroatoms. The third-order valence-corrected chi connectivity index (χ3v) is 10.4. The molecule has 0 aliphatic heterocycles. The van der Waals surface area contributed by atoms with Gasteiger partial charge >= 0.3 is 17.9 Å². The van der Waals surface area contributed by atoms with E-state index in [1.807, 2.05) is 21.1 Å². The Kier molecular flexibility index (Phi) is 43.2. The van der Waals surface area contributed by atoms with Crippen molar-refractivity contribution in [3.63, 3.8) is 0 Å². The van der Waals surface area contributed by atoms with Gasteiger partial charge in [-0.25, -0.2) is 4.79 Å². The van der Waals surface area contributed by atoms with Crippen LogP contribution in [0.15, 0.2) is 122 Å². The number of ether oxygens (including phenoxy) is 3. The summed E-state index contributed by atoms with van der Waals surface area (Å²) in [5.41, 5.74) is 0. The second kappa shape index (κ2) is 46.3. The van der Waals surface area contributed by atoms with Crippen LogP contribution in [0.2, 0.25) is 0 Å². The van der Waals surface area contributed by atoms with Gasteiger partial charge < -0.3 is 23.8 Å². The van der Waals surface area contributed by atoms with Crippen LogP contribution in [0.4, 0.5) is 0 Å². The van der Waals surface area contributed by atoms with Crippen LogP contribution in [0, 0.1) is 0 Å². The largest absolute Gasteiger partial charge is 0.477 e. The molecule has 0 aromatic carbocycles. The first kappa shape index (κ1) is 60.7. The van der Waals surface area contributed by atoms with Gasteiger partial charge in [-0.15, -0.1) is 0 Å². The van der Waals surface area contributed by atoms with Crippen LogP contribution in [0.1, 0.15) is 168 Å². The molecule has 0 aromatic rings. The van der Waals surface area contributed by atoms with Gasteiger partial charge in [-0.2, -0.15) is 0 Å². The molecule has 0 fully saturated rings. The number of rotatable bonds is 43. The van der Waals surface area contributed by atoms with Gasteiger partial charge in [0.05, 0.1) is 34.4 Å². The topological polar surface area (TPSA) is 99.1 Å². The lowest BCUT2D eigenvalue weighted by Gasteiger charge is -2.31. The highest BCUT2D eigenvalue weighted by Gasteiger charge is 2.31. The van der Waals surface area contributed by atoms with E-state index < -0.39 is 18.1 Å². The van der Waals surface area contributed by atoms with E-state index in [1.54, 1.807) is 0 Å². The number of aliphatic carboxylic acids is 1. The number of carboxylic acid groups (broad SMARTS) is 1. The monoisotopic (exact) mass is 903 g/mol. The lowest BCUT2D eigenvalue weighted by molar-refractivity contribution is -0.887. The molecule has 1 N–H and O–H groups in total. The Hall–Kier alpha value is -4.27. The van der Waals surface area contributed by atoms with Gasteiger partial charge in [-0.05, 0) is 89.9 Å². The summed E-state index contributed by atoms with van der Waals surface area (Å²) < 4.78 is 17.2. The van der Waals surface area contributed by atoms with Crippen molar-refractivity contribution >= 4 is 17.9 Å². The third kappa shape index (κ3) is 44.7. The number of quaternary nitrogens is 1. The highest BCUT2D eigenvalue weighted by atomic mass is 16.6. The number of hydrogen-bond acceptors (Lipinski definition) is 6. The normalized spacial score (nSPS) is 13.9. The molecule has 0 aliphatic carbocycles. The van der Waals surface area contributed by atoms with E-state index in [-0.39, 0.29) is 49.1 Å². The fourth-order valence-corrected chi connectivity index (χ4v) is 6.55. The second-order valence-electron chi connectivity index (χ2n) is 17.4. The van der Waals surface area contributed by atoms with Gasteiger partial charge in [-0.1, -0.05) is 180 Å². The molecule has 65 heavy (non-hydrogen) atoms. The highest BCUT2D eigenvalue weighted by Crippen LogP contribution is 2.12. The van der Waals surface area contributed by atoms with E-state index in [2.05, 4.69) is 135 Å². The minimum Gasteiger partial charge on any atom is -0.477 e. The predicted octanol–water partition coefficient (Wildman–Crippen LogP) is 14.6. The van der Waals surface area contributed by atoms with Crippen molar-refractivity contribution in [2.45, 2.75) is 180 Å². The van der Waals surface area contributed by atoms with Crippen LogP contribution in [-0.2, 0) is 28.6 Å². The number of allylic oxidation sites excluding steroid dienone is 20. The number of carbonyl (C=O) groups excluding carboxylic acids is 2. The SMILES string of the molecule is CC/C=C/C/C=C/C/C=C/C/C=C/C/C=C/C/C=C/C/C=C/CCCC(=O)OCC(COCCC(C(=O)O)[N+](C)(C)C)OC(=O)CCCCCCC/C=C/C=C/C=C/CCCCCCC. The van der Waals surface area contributed by atoms with Crippen LogP contribution in [-0.4, -0.2) is 80.6 Å². The minimum absolute atomic E-state index is 0.0257. The second-order valence-corrected chi connectivity index (χ2v) is 17.4. The molecule has 0 radical (unpaired) electrons. The quantitative estimate of drug-likeness (QED) is 0.0214. The first-order chi connectivity index (χ1) is 31.6. The van der Waals surface area contributed by atoms with Gasteiger partial charge in [0, 0.05) is 19.3 Å². The predicted molar refractivity (Wildman–Crippen MR) is 275 cm³/mol. The van der Waals surface area contributed by atoms with Crippen LogP contribution in [0.5, 0.6) is 0 Å². The fourth-order valence-electron chi connectivity index (χ4n) is 6.55. The summed E-state index contributed by atoms with van der Waals surface area (Å²) in [6.07, 6.45) is 65.4. The molecule has 8 nitrogen and oxygen atoms in total. The molecule has 0 rings (SSSR count). The summed E-state index contributed by atoms with van der Waals surface area (Å²) in [5.74, 6) is -1.59. The summed E-state index contributed by atoms with van der Waals surface area (Å²) >= 11 is 0. The maximum absolute atomic E-state index is 12.8. The Balaban J connectivity index is 4.45. The Morgan fingerprint density at radius 1 is 0.492 bits per heavy atom. The van der Waals surface area contributed by atoms with Crippen molar-refractivity contribution in [3.05, 3.63) is 122 Å². The smallest absolute Gasteiger partial charge is 0.362 e. The number of unbranched alkanes of at least 4 members (excludes halogenated alkanes) is 11. The summed E-state index contributed by atoms with van der Waals surface area (Å²) in [6.45, 7) is 4.50. The van der Waals surface area contributed by atoms with Crippen LogP contribution in [0.25, 0.3) is 0 Å². The number of esters is 2. The highest BCUT2D eigenvalue weighted by molar-refractivity contribution is 5.72. The van der Waals surface area contributed by atoms with Crippen molar-refractivity contribution in [1.82, 2.24) is 0 Å². The van der Waals surface area contributed by atoms with Crippen molar-refractivity contribution in [3.8, 4) is 0 Å². The zero-order valence-electron chi connectivity index (χ0n) is 41.6. The number of hydrogen-bond donors (Lipinski definition) is 1. The molecular formula is C57H92NO7+. The lowest BCUT2D eigenvalue weighted by Crippen LogP contribution is -2.50. The molecule has 0 heterocycles. The molecule has 2 atom stereocenters. The first-order valence-corrected chi connectivity index (χ1v) is 25.1. The van der Waals surface area contributed by atoms with Crippen LogP contribution in [0.3, 0.4) is 0 Å². The molecular weight excluding hydrogens is 811 g/mol. The minimum atomic E-state index is -0.891. The van der Waals surface area contributed by atoms with E-state index in [9.17, 15) is 19.5 Å². The first-order valence-electron chi connectivity index (χ1n) is 25.1. The van der Waals surface area contributed by atoms with E-state index in [0.29, 0.717) is 12.8 Å². The van der Waals surface area contributed by atoms with Gasteiger partial charge in [0.15, 0.2) is 12.1 Å². The van der Waals surface area contributed by atoms with Gasteiger partial charge in [0.25, 0.3) is 0 Å². The summed E-state index contributed by atoms with van der Waals surface area (Å²) in [7, 11) is 5.49. The Labute approximate surface area is 397 Å². The van der Waals surface area contributed by atoms with E-state index in [0.717, 1.165) is 96.3 Å². The van der Waals surface area contributed by atoms with Crippen molar-refractivity contribution in [1.29, 1.82) is 0 Å². The fraction of sp³-hybridized carbons (Fsp3) is 0.596. The van der Waals surface area contributed by atoms with Crippen molar-refractivity contribution in [2.24, 2.45) is 0 Å². The third-order valence-electron chi connectivity index (χ3n) is 10.4. The molecule has 0 spiro atoms. The van der Waals surface area contributed by atoms with Gasteiger partial charge in [-0.3, -0.25) is 9.59 Å². The maximum atomic E-state index is 12.8. The van der Waals surface area contributed by atoms with E-state index in [1.165, 1.54) is 32.1 Å². The Morgan fingerprint density at radius 3 is 1.43 bits per heavy atom. The standard InChI is InChI=1S/C57H91NO7/c1-6-8-10-12-14-16-18-20-22-24-26-27-28-29-30-32-33-35-37-39-41-43-45-47-55(59)64-52-53(51-63-50-49-54(57(61)62)58(3,4)5)65-56(60)48-46-44-42-40-38-36-34-31-25-23-21-19-17-15-13-11-9-7-2/h8,10,14,16,19-23,25-27,29-31,33-35,39,41,53-54H,6-7,9,11-13,15,17-18,24,28,32,36-38,40,42-52H2,1-5H3/p+1/b10-8+,16-14+,21-19+,22-20+,25-23+,27-26+,30-29+,34-31+,35-33+,41-39+. The zero-order chi connectivity index (χ0) is 47.7.